The number of ketones is 2. The van der Waals surface area contributed by atoms with Crippen LogP contribution in [0.25, 0.3) is 22.3 Å². The minimum absolute atomic E-state index is 0.0319. The fourth-order valence-electron chi connectivity index (χ4n) is 8.17. The van der Waals surface area contributed by atoms with Crippen LogP contribution in [-0.4, -0.2) is 16.7 Å². The van der Waals surface area contributed by atoms with Crippen molar-refractivity contribution < 1.29 is 14.7 Å². The van der Waals surface area contributed by atoms with E-state index in [1.54, 1.807) is 6.07 Å². The maximum Gasteiger partial charge on any atom is 0.199 e. The number of phenols is 1. The Bertz CT molecular complexity index is 2260. The molecule has 0 radical (unpaired) electrons. The van der Waals surface area contributed by atoms with Gasteiger partial charge in [0.2, 0.25) is 0 Å². The maximum absolute atomic E-state index is 15.4. The van der Waals surface area contributed by atoms with Gasteiger partial charge in [-0.15, -0.1) is 12.6 Å². The number of hydrogen-bond acceptors (Lipinski definition) is 6. The Kier molecular flexibility index (Phi) is 10.7. The highest BCUT2D eigenvalue weighted by Crippen LogP contribution is 2.54. The average Bonchev–Trinajstić information content (AvgIpc) is 3.18. The molecule has 0 bridgehead atoms. The van der Waals surface area contributed by atoms with Gasteiger partial charge in [0.25, 0.3) is 0 Å². The van der Waals surface area contributed by atoms with Crippen LogP contribution in [0.15, 0.2) is 114 Å². The summed E-state index contributed by atoms with van der Waals surface area (Å²) in [5.41, 5.74) is 11.1. The minimum Gasteiger partial charge on any atom is -0.507 e. The molecule has 0 unspecified atom stereocenters. The molecule has 1 aliphatic rings. The summed E-state index contributed by atoms with van der Waals surface area (Å²) in [6.45, 7) is 17.5. The quantitative estimate of drug-likeness (QED) is 0.104. The second-order valence-corrected chi connectivity index (χ2v) is 16.5. The van der Waals surface area contributed by atoms with E-state index < -0.39 is 5.78 Å². The van der Waals surface area contributed by atoms with Crippen molar-refractivity contribution in [3.8, 4) is 28.0 Å². The zero-order valence-electron chi connectivity index (χ0n) is 33.4. The molecule has 0 heterocycles. The van der Waals surface area contributed by atoms with Crippen molar-refractivity contribution in [2.75, 3.05) is 10.6 Å². The van der Waals surface area contributed by atoms with Gasteiger partial charge in [0.05, 0.1) is 22.5 Å². The summed E-state index contributed by atoms with van der Waals surface area (Å²) in [5.74, 6) is -0.342. The highest BCUT2D eigenvalue weighted by molar-refractivity contribution is 7.80. The number of aromatic hydroxyl groups is 1. The fraction of sp³-hybridized carbons (Fsp3) is 0.240. The number of carbonyl (C=O) groups excluding carboxylic acids is 2. The topological polar surface area (TPSA) is 78.4 Å². The lowest BCUT2D eigenvalue weighted by molar-refractivity contribution is 0.0975. The van der Waals surface area contributed by atoms with Gasteiger partial charge in [0.15, 0.2) is 11.6 Å². The van der Waals surface area contributed by atoms with Crippen LogP contribution in [0.2, 0.25) is 0 Å². The predicted molar refractivity (Wildman–Crippen MR) is 235 cm³/mol. The first-order valence-electron chi connectivity index (χ1n) is 19.6. The van der Waals surface area contributed by atoms with Crippen LogP contribution >= 0.6 is 12.6 Å². The van der Waals surface area contributed by atoms with E-state index in [2.05, 4.69) is 102 Å². The number of nitrogens with one attached hydrogen (secondary N) is 2. The number of fused-ring (bicyclic) bond motifs is 2. The minimum atomic E-state index is -0.430. The van der Waals surface area contributed by atoms with Gasteiger partial charge in [-0.05, 0) is 69.2 Å². The second-order valence-electron chi connectivity index (χ2n) is 16.0. The summed E-state index contributed by atoms with van der Waals surface area (Å²) in [6.07, 6.45) is 0. The number of anilines is 4. The molecule has 3 N–H and O–H groups in total. The third kappa shape index (κ3) is 6.70. The van der Waals surface area contributed by atoms with Crippen LogP contribution in [-0.2, 0) is 0 Å². The Hall–Kier alpha value is -5.59. The highest BCUT2D eigenvalue weighted by Gasteiger charge is 2.41. The number of thiol groups is 1. The normalized spacial score (nSPS) is 12.4. The van der Waals surface area contributed by atoms with E-state index in [1.807, 2.05) is 60.7 Å². The Balaban J connectivity index is 1.75. The largest absolute Gasteiger partial charge is 0.507 e. The van der Waals surface area contributed by atoms with Crippen molar-refractivity contribution in [1.82, 2.24) is 0 Å². The van der Waals surface area contributed by atoms with Crippen molar-refractivity contribution in [3.05, 3.63) is 154 Å². The molecule has 6 aromatic rings. The van der Waals surface area contributed by atoms with Crippen molar-refractivity contribution in [1.29, 1.82) is 0 Å². The molecule has 0 aliphatic heterocycles. The third-order valence-electron chi connectivity index (χ3n) is 10.9. The standard InChI is InChI=1S/C50H50N2O3S/c1-27(2)33-21-15-22-34(28(3)4)45(33)51-47-39(31-17-11-9-12-18-31)43-44(50(55)42-38(56)26-25-37(53)41(42)49(43)54)40(32-19-13-10-14-20-32)48(47)52-46-35(29(5)6)23-16-24-36(46)30(7)8/h9-30,51-53,56H,1-8H3. The number of carbonyl (C=O) groups is 2. The molecule has 284 valence electrons. The molecule has 6 aromatic carbocycles. The first-order valence-corrected chi connectivity index (χ1v) is 20.0. The van der Waals surface area contributed by atoms with Crippen LogP contribution in [0.3, 0.4) is 0 Å². The molecule has 0 saturated heterocycles. The second kappa shape index (κ2) is 15.5. The van der Waals surface area contributed by atoms with E-state index >= 15 is 9.59 Å². The SMILES string of the molecule is CC(C)c1cccc(C(C)C)c1Nc1c(Nc2c(C(C)C)cccc2C(C)C)c(-c2ccccc2)c2c(c1-c1ccccc1)C(=O)c1c(O)ccc(S)c1C2=O. The first-order chi connectivity index (χ1) is 26.8. The van der Waals surface area contributed by atoms with Gasteiger partial charge < -0.3 is 15.7 Å². The van der Waals surface area contributed by atoms with Gasteiger partial charge in [-0.25, -0.2) is 0 Å². The zero-order valence-corrected chi connectivity index (χ0v) is 34.3. The lowest BCUT2D eigenvalue weighted by Crippen LogP contribution is -2.25. The van der Waals surface area contributed by atoms with E-state index in [1.165, 1.54) is 6.07 Å². The molecule has 0 fully saturated rings. The molecule has 1 aliphatic carbocycles. The summed E-state index contributed by atoms with van der Waals surface area (Å²) in [7, 11) is 0. The van der Waals surface area contributed by atoms with Gasteiger partial charge in [-0.2, -0.15) is 0 Å². The maximum atomic E-state index is 15.4. The number of phenolic OH excluding ortho intramolecular Hbond substituents is 1. The van der Waals surface area contributed by atoms with E-state index in [0.29, 0.717) is 27.4 Å². The lowest BCUT2D eigenvalue weighted by Gasteiger charge is -2.32. The van der Waals surface area contributed by atoms with Crippen molar-refractivity contribution in [3.63, 3.8) is 0 Å². The molecule has 0 spiro atoms. The molecule has 56 heavy (non-hydrogen) atoms. The van der Waals surface area contributed by atoms with E-state index in [4.69, 9.17) is 12.6 Å². The molecule has 0 atom stereocenters. The van der Waals surface area contributed by atoms with Crippen LogP contribution in [0.4, 0.5) is 22.7 Å². The number of hydrogen-bond donors (Lipinski definition) is 4. The number of rotatable bonds is 10. The van der Waals surface area contributed by atoms with Crippen LogP contribution in [0, 0.1) is 0 Å². The van der Waals surface area contributed by atoms with Crippen LogP contribution in [0.5, 0.6) is 5.75 Å². The van der Waals surface area contributed by atoms with E-state index in [9.17, 15) is 5.11 Å². The average molecular weight is 759 g/mol. The third-order valence-corrected chi connectivity index (χ3v) is 11.3. The Morgan fingerprint density at radius 3 is 1.12 bits per heavy atom. The van der Waals surface area contributed by atoms with Gasteiger partial charge in [-0.1, -0.05) is 152 Å². The van der Waals surface area contributed by atoms with E-state index in [0.717, 1.165) is 44.8 Å². The summed E-state index contributed by atoms with van der Waals surface area (Å²) in [6, 6.07) is 35.5. The molecule has 0 aromatic heterocycles. The molecule has 0 saturated carbocycles. The number of para-hydroxylation sites is 2. The van der Waals surface area contributed by atoms with Gasteiger partial charge >= 0.3 is 0 Å². The van der Waals surface area contributed by atoms with Crippen molar-refractivity contribution >= 4 is 46.9 Å². The predicted octanol–water partition coefficient (Wildman–Crippen LogP) is 13.8. The molecule has 0 amide bonds. The summed E-state index contributed by atoms with van der Waals surface area (Å²) < 4.78 is 0. The lowest BCUT2D eigenvalue weighted by atomic mass is 9.75. The smallest absolute Gasteiger partial charge is 0.199 e. The molecule has 7 rings (SSSR count). The van der Waals surface area contributed by atoms with Crippen molar-refractivity contribution in [2.24, 2.45) is 0 Å². The zero-order chi connectivity index (χ0) is 40.0. The highest BCUT2D eigenvalue weighted by atomic mass is 32.1. The summed E-state index contributed by atoms with van der Waals surface area (Å²) >= 11 is 4.70. The Morgan fingerprint density at radius 2 is 0.768 bits per heavy atom. The first kappa shape index (κ1) is 38.7. The van der Waals surface area contributed by atoms with Crippen LogP contribution < -0.4 is 10.6 Å². The Labute approximate surface area is 336 Å². The fourth-order valence-corrected chi connectivity index (χ4v) is 8.46. The summed E-state index contributed by atoms with van der Waals surface area (Å²) in [5, 5.41) is 19.3. The van der Waals surface area contributed by atoms with E-state index in [-0.39, 0.29) is 57.5 Å². The summed E-state index contributed by atoms with van der Waals surface area (Å²) in [4.78, 5) is 31.0. The molecule has 5 nitrogen and oxygen atoms in total. The van der Waals surface area contributed by atoms with Gasteiger partial charge in [0.1, 0.15) is 5.75 Å². The molecular formula is C50H50N2O3S. The Morgan fingerprint density at radius 1 is 0.411 bits per heavy atom. The molecular weight excluding hydrogens is 709 g/mol. The van der Waals surface area contributed by atoms with Crippen molar-refractivity contribution in [2.45, 2.75) is 84.0 Å². The van der Waals surface area contributed by atoms with Gasteiger partial charge in [0, 0.05) is 38.5 Å². The monoisotopic (exact) mass is 758 g/mol. The van der Waals surface area contributed by atoms with Gasteiger partial charge in [-0.3, -0.25) is 9.59 Å². The molecule has 6 heteroatoms. The number of benzene rings is 6. The van der Waals surface area contributed by atoms with Crippen LogP contribution in [0.1, 0.15) is 133 Å².